The average Bonchev–Trinajstić information content (AvgIpc) is 2.18. The van der Waals surface area contributed by atoms with Crippen LogP contribution in [0.3, 0.4) is 0 Å². The molecule has 3 N–H and O–H groups in total. The predicted octanol–water partition coefficient (Wildman–Crippen LogP) is 0.931. The summed E-state index contributed by atoms with van der Waals surface area (Å²) in [5, 5.41) is 2.70. The maximum atomic E-state index is 13.1. The van der Waals surface area contributed by atoms with Gasteiger partial charge in [-0.25, -0.2) is 4.39 Å². The Bertz CT molecular complexity index is 420. The fourth-order valence-electron chi connectivity index (χ4n) is 1.83. The average molecular weight is 223 g/mol. The number of fused-ring (bicyclic) bond motifs is 1. The number of nitrogens with two attached hydrogens (primary N) is 1. The fraction of sp³-hybridized carbons (Fsp3) is 0.364. The van der Waals surface area contributed by atoms with E-state index in [4.69, 9.17) is 5.73 Å². The predicted molar refractivity (Wildman–Crippen MR) is 60.9 cm³/mol. The van der Waals surface area contributed by atoms with Crippen LogP contribution in [0.15, 0.2) is 18.2 Å². The van der Waals surface area contributed by atoms with Gasteiger partial charge in [0.05, 0.1) is 17.9 Å². The number of anilines is 2. The van der Waals surface area contributed by atoms with E-state index in [0.717, 1.165) is 0 Å². The zero-order valence-electron chi connectivity index (χ0n) is 9.03. The molecule has 1 aromatic carbocycles. The number of hydrogen-bond acceptors (Lipinski definition) is 3. The number of hydrogen-bond donors (Lipinski definition) is 2. The van der Waals surface area contributed by atoms with Crippen molar-refractivity contribution in [1.82, 2.24) is 0 Å². The van der Waals surface area contributed by atoms with E-state index in [2.05, 4.69) is 5.32 Å². The molecule has 86 valence electrons. The van der Waals surface area contributed by atoms with Gasteiger partial charge in [-0.3, -0.25) is 4.79 Å². The first-order chi connectivity index (χ1) is 7.56. The lowest BCUT2D eigenvalue weighted by Gasteiger charge is -2.32. The van der Waals surface area contributed by atoms with Crippen molar-refractivity contribution in [2.24, 2.45) is 5.73 Å². The Morgan fingerprint density at radius 1 is 1.62 bits per heavy atom. The Morgan fingerprint density at radius 2 is 2.38 bits per heavy atom. The highest BCUT2D eigenvalue weighted by Gasteiger charge is 2.22. The molecule has 0 radical (unpaired) electrons. The molecule has 1 aliphatic rings. The monoisotopic (exact) mass is 223 g/mol. The molecule has 16 heavy (non-hydrogen) atoms. The standard InChI is InChI=1S/C11H14FN3O/c1-7(13)5-15-6-11(16)14-9-3-2-8(12)4-10(9)15/h2-4,7H,5-6,13H2,1H3,(H,14,16). The van der Waals surface area contributed by atoms with E-state index in [1.807, 2.05) is 6.92 Å². The number of nitrogens with one attached hydrogen (secondary N) is 1. The summed E-state index contributed by atoms with van der Waals surface area (Å²) in [6, 6.07) is 4.24. The maximum Gasteiger partial charge on any atom is 0.243 e. The lowest BCUT2D eigenvalue weighted by atomic mass is 10.1. The van der Waals surface area contributed by atoms with Gasteiger partial charge in [-0.15, -0.1) is 0 Å². The molecule has 4 nitrogen and oxygen atoms in total. The lowest BCUT2D eigenvalue weighted by molar-refractivity contribution is -0.115. The van der Waals surface area contributed by atoms with Crippen LogP contribution in [0.4, 0.5) is 15.8 Å². The largest absolute Gasteiger partial charge is 0.359 e. The molecule has 0 saturated carbocycles. The Hall–Kier alpha value is -1.62. The van der Waals surface area contributed by atoms with Crippen molar-refractivity contribution in [2.75, 3.05) is 23.3 Å². The summed E-state index contributed by atoms with van der Waals surface area (Å²) in [4.78, 5) is 13.2. The Labute approximate surface area is 93.2 Å². The van der Waals surface area contributed by atoms with E-state index in [0.29, 0.717) is 17.9 Å². The molecular formula is C11H14FN3O. The van der Waals surface area contributed by atoms with E-state index >= 15 is 0 Å². The number of halogens is 1. The highest BCUT2D eigenvalue weighted by atomic mass is 19.1. The van der Waals surface area contributed by atoms with Crippen LogP contribution in [0.25, 0.3) is 0 Å². The van der Waals surface area contributed by atoms with Gasteiger partial charge in [0, 0.05) is 12.6 Å². The summed E-state index contributed by atoms with van der Waals surface area (Å²) < 4.78 is 13.1. The second-order valence-corrected chi connectivity index (χ2v) is 4.07. The molecule has 0 spiro atoms. The third-order valence-corrected chi connectivity index (χ3v) is 2.42. The van der Waals surface area contributed by atoms with Crippen LogP contribution in [0.2, 0.25) is 0 Å². The van der Waals surface area contributed by atoms with Crippen molar-refractivity contribution in [3.05, 3.63) is 24.0 Å². The number of carbonyl (C=O) groups excluding carboxylic acids is 1. The molecule has 0 bridgehead atoms. The zero-order chi connectivity index (χ0) is 11.7. The number of carbonyl (C=O) groups is 1. The van der Waals surface area contributed by atoms with Gasteiger partial charge < -0.3 is 16.0 Å². The van der Waals surface area contributed by atoms with E-state index in [1.54, 1.807) is 11.0 Å². The van der Waals surface area contributed by atoms with Gasteiger partial charge in [0.1, 0.15) is 5.82 Å². The van der Waals surface area contributed by atoms with Crippen molar-refractivity contribution in [2.45, 2.75) is 13.0 Å². The van der Waals surface area contributed by atoms with Crippen molar-refractivity contribution in [3.8, 4) is 0 Å². The molecule has 1 heterocycles. The second kappa shape index (κ2) is 4.09. The number of benzene rings is 1. The summed E-state index contributed by atoms with van der Waals surface area (Å²) in [7, 11) is 0. The molecular weight excluding hydrogens is 209 g/mol. The number of rotatable bonds is 2. The van der Waals surface area contributed by atoms with Gasteiger partial charge in [-0.05, 0) is 25.1 Å². The Morgan fingerprint density at radius 3 is 3.06 bits per heavy atom. The minimum absolute atomic E-state index is 0.0676. The molecule has 1 amide bonds. The highest BCUT2D eigenvalue weighted by molar-refractivity contribution is 6.01. The number of amides is 1. The van der Waals surface area contributed by atoms with Crippen LogP contribution in [-0.2, 0) is 4.79 Å². The van der Waals surface area contributed by atoms with Crippen molar-refractivity contribution >= 4 is 17.3 Å². The summed E-state index contributed by atoms with van der Waals surface area (Å²) in [6.07, 6.45) is 0. The summed E-state index contributed by atoms with van der Waals surface area (Å²) in [5.41, 5.74) is 7.03. The minimum Gasteiger partial charge on any atom is -0.359 e. The topological polar surface area (TPSA) is 58.4 Å². The smallest absolute Gasteiger partial charge is 0.243 e. The van der Waals surface area contributed by atoms with Gasteiger partial charge in [0.2, 0.25) is 5.91 Å². The molecule has 0 aromatic heterocycles. The quantitative estimate of drug-likeness (QED) is 0.784. The van der Waals surface area contributed by atoms with Crippen LogP contribution in [0.1, 0.15) is 6.92 Å². The SMILES string of the molecule is CC(N)CN1CC(=O)Nc2ccc(F)cc21. The lowest BCUT2D eigenvalue weighted by Crippen LogP contribution is -2.43. The van der Waals surface area contributed by atoms with Crippen molar-refractivity contribution < 1.29 is 9.18 Å². The van der Waals surface area contributed by atoms with Gasteiger partial charge >= 0.3 is 0 Å². The van der Waals surface area contributed by atoms with Gasteiger partial charge in [0.15, 0.2) is 0 Å². The molecule has 1 unspecified atom stereocenters. The van der Waals surface area contributed by atoms with E-state index in [-0.39, 0.29) is 24.3 Å². The summed E-state index contributed by atoms with van der Waals surface area (Å²) in [5.74, 6) is -0.413. The van der Waals surface area contributed by atoms with Gasteiger partial charge in [-0.1, -0.05) is 0 Å². The Kier molecular flexibility index (Phi) is 2.78. The van der Waals surface area contributed by atoms with Crippen LogP contribution in [-0.4, -0.2) is 25.0 Å². The minimum atomic E-state index is -0.315. The van der Waals surface area contributed by atoms with Crippen molar-refractivity contribution in [1.29, 1.82) is 0 Å². The zero-order valence-corrected chi connectivity index (χ0v) is 9.03. The molecule has 1 aromatic rings. The summed E-state index contributed by atoms with van der Waals surface area (Å²) >= 11 is 0. The van der Waals surface area contributed by atoms with E-state index < -0.39 is 0 Å². The molecule has 0 saturated heterocycles. The third-order valence-electron chi connectivity index (χ3n) is 2.42. The van der Waals surface area contributed by atoms with Crippen LogP contribution < -0.4 is 16.0 Å². The van der Waals surface area contributed by atoms with Gasteiger partial charge in [0.25, 0.3) is 0 Å². The first-order valence-corrected chi connectivity index (χ1v) is 5.16. The molecule has 0 fully saturated rings. The molecule has 1 aliphatic heterocycles. The van der Waals surface area contributed by atoms with Crippen LogP contribution >= 0.6 is 0 Å². The molecule has 5 heteroatoms. The van der Waals surface area contributed by atoms with Crippen LogP contribution in [0.5, 0.6) is 0 Å². The van der Waals surface area contributed by atoms with Crippen molar-refractivity contribution in [3.63, 3.8) is 0 Å². The summed E-state index contributed by atoms with van der Waals surface area (Å²) in [6.45, 7) is 2.60. The normalized spacial score (nSPS) is 16.7. The Balaban J connectivity index is 2.35. The first kappa shape index (κ1) is 10.9. The van der Waals surface area contributed by atoms with Gasteiger partial charge in [-0.2, -0.15) is 0 Å². The number of nitrogens with zero attached hydrogens (tertiary/aromatic N) is 1. The maximum absolute atomic E-state index is 13.1. The second-order valence-electron chi connectivity index (χ2n) is 4.07. The van der Waals surface area contributed by atoms with Crippen LogP contribution in [0, 0.1) is 5.82 Å². The first-order valence-electron chi connectivity index (χ1n) is 5.16. The van der Waals surface area contributed by atoms with E-state index in [9.17, 15) is 9.18 Å². The molecule has 2 rings (SSSR count). The molecule has 1 atom stereocenters. The fourth-order valence-corrected chi connectivity index (χ4v) is 1.83. The highest BCUT2D eigenvalue weighted by Crippen LogP contribution is 2.29. The third kappa shape index (κ3) is 2.14. The molecule has 0 aliphatic carbocycles. The van der Waals surface area contributed by atoms with E-state index in [1.165, 1.54) is 12.1 Å².